The van der Waals surface area contributed by atoms with Crippen LogP contribution in [0.25, 0.3) is 0 Å². The summed E-state index contributed by atoms with van der Waals surface area (Å²) in [7, 11) is 0. The summed E-state index contributed by atoms with van der Waals surface area (Å²) in [5.74, 6) is -0.455. The second-order valence-corrected chi connectivity index (χ2v) is 3.94. The number of nitrogens with zero attached hydrogens (tertiary/aromatic N) is 1. The van der Waals surface area contributed by atoms with Crippen molar-refractivity contribution in [2.24, 2.45) is 0 Å². The van der Waals surface area contributed by atoms with Crippen molar-refractivity contribution in [2.45, 2.75) is 13.1 Å². The molecule has 0 aliphatic carbocycles. The molecule has 6 heteroatoms. The largest absolute Gasteiger partial charge is 0.417 e. The van der Waals surface area contributed by atoms with Gasteiger partial charge in [0, 0.05) is 5.56 Å². The molecular weight excluding hydrogens is 299 g/mol. The van der Waals surface area contributed by atoms with Crippen molar-refractivity contribution in [1.82, 2.24) is 0 Å². The molecule has 0 saturated heterocycles. The molecule has 2 nitrogen and oxygen atoms in total. The first kappa shape index (κ1) is 13.7. The minimum atomic E-state index is -4.64. The van der Waals surface area contributed by atoms with Crippen molar-refractivity contribution >= 4 is 21.7 Å². The third kappa shape index (κ3) is 2.86. The van der Waals surface area contributed by atoms with Crippen LogP contribution in [0, 0.1) is 18.3 Å². The number of halogens is 4. The van der Waals surface area contributed by atoms with E-state index in [1.807, 2.05) is 0 Å². The highest BCUT2D eigenvalue weighted by Gasteiger charge is 2.35. The van der Waals surface area contributed by atoms with Gasteiger partial charge in [-0.25, -0.2) is 0 Å². The second kappa shape index (κ2) is 4.88. The van der Waals surface area contributed by atoms with E-state index in [1.54, 1.807) is 0 Å². The normalized spacial score (nSPS) is 11.1. The monoisotopic (exact) mass is 305 g/mol. The van der Waals surface area contributed by atoms with Gasteiger partial charge in [-0.15, -0.1) is 0 Å². The Bertz CT molecular complexity index is 503. The van der Waals surface area contributed by atoms with Crippen molar-refractivity contribution in [1.29, 1.82) is 5.26 Å². The average molecular weight is 306 g/mol. The van der Waals surface area contributed by atoms with Crippen LogP contribution in [-0.4, -0.2) is 11.1 Å². The third-order valence-electron chi connectivity index (χ3n) is 2.20. The molecule has 1 aromatic carbocycles. The van der Waals surface area contributed by atoms with Crippen molar-refractivity contribution in [3.8, 4) is 6.07 Å². The Morgan fingerprint density at radius 3 is 2.47 bits per heavy atom. The number of aryl methyl sites for hydroxylation is 1. The quantitative estimate of drug-likeness (QED) is 0.620. The molecule has 0 amide bonds. The number of carbonyl (C=O) groups is 1. The van der Waals surface area contributed by atoms with E-state index in [4.69, 9.17) is 5.26 Å². The molecule has 0 aliphatic rings. The summed E-state index contributed by atoms with van der Waals surface area (Å²) in [4.78, 5) is 11.3. The van der Waals surface area contributed by atoms with Crippen molar-refractivity contribution in [2.75, 3.05) is 5.33 Å². The van der Waals surface area contributed by atoms with Gasteiger partial charge >= 0.3 is 6.18 Å². The number of rotatable bonds is 2. The lowest BCUT2D eigenvalue weighted by Gasteiger charge is -2.12. The highest BCUT2D eigenvalue weighted by Crippen LogP contribution is 2.34. The Morgan fingerprint density at radius 1 is 1.47 bits per heavy atom. The van der Waals surface area contributed by atoms with Crippen LogP contribution in [0.2, 0.25) is 0 Å². The predicted molar refractivity (Wildman–Crippen MR) is 59.0 cm³/mol. The van der Waals surface area contributed by atoms with E-state index in [2.05, 4.69) is 15.9 Å². The molecule has 0 bridgehead atoms. The third-order valence-corrected chi connectivity index (χ3v) is 2.71. The van der Waals surface area contributed by atoms with E-state index in [1.165, 1.54) is 19.1 Å². The fourth-order valence-electron chi connectivity index (χ4n) is 1.40. The molecule has 0 fully saturated rings. The van der Waals surface area contributed by atoms with E-state index in [-0.39, 0.29) is 16.5 Å². The second-order valence-electron chi connectivity index (χ2n) is 3.38. The maximum atomic E-state index is 12.7. The Hall–Kier alpha value is -1.35. The smallest absolute Gasteiger partial charge is 0.293 e. The summed E-state index contributed by atoms with van der Waals surface area (Å²) in [5, 5.41) is 8.65. The highest BCUT2D eigenvalue weighted by molar-refractivity contribution is 9.09. The number of nitriles is 1. The lowest BCUT2D eigenvalue weighted by molar-refractivity contribution is -0.137. The first-order valence-electron chi connectivity index (χ1n) is 4.52. The molecule has 17 heavy (non-hydrogen) atoms. The zero-order valence-corrected chi connectivity index (χ0v) is 10.3. The fraction of sp³-hybridized carbons (Fsp3) is 0.273. The SMILES string of the molecule is Cc1cc(C(=O)CBr)cc(C(F)(F)F)c1C#N. The molecule has 0 heterocycles. The van der Waals surface area contributed by atoms with Crippen molar-refractivity contribution in [3.05, 3.63) is 34.4 Å². The van der Waals surface area contributed by atoms with E-state index in [0.717, 1.165) is 6.07 Å². The zero-order valence-electron chi connectivity index (χ0n) is 8.73. The molecule has 0 unspecified atom stereocenters. The van der Waals surface area contributed by atoms with Gasteiger partial charge in [0.05, 0.1) is 16.5 Å². The molecule has 0 aromatic heterocycles. The van der Waals surface area contributed by atoms with E-state index >= 15 is 0 Å². The Balaban J connectivity index is 3.52. The van der Waals surface area contributed by atoms with Crippen molar-refractivity contribution < 1.29 is 18.0 Å². The number of ketones is 1. The summed E-state index contributed by atoms with van der Waals surface area (Å²) in [5.41, 5.74) is -1.41. The Labute approximate surface area is 104 Å². The van der Waals surface area contributed by atoms with E-state index < -0.39 is 23.1 Å². The summed E-state index contributed by atoms with van der Waals surface area (Å²) in [6, 6.07) is 3.52. The van der Waals surface area contributed by atoms with E-state index in [9.17, 15) is 18.0 Å². The molecular formula is C11H7BrF3NO. The van der Waals surface area contributed by atoms with Crippen LogP contribution in [0.3, 0.4) is 0 Å². The average Bonchev–Trinajstić information content (AvgIpc) is 2.25. The summed E-state index contributed by atoms with van der Waals surface area (Å²) < 4.78 is 38.1. The molecule has 0 spiro atoms. The lowest BCUT2D eigenvalue weighted by Crippen LogP contribution is -2.12. The number of hydrogen-bond acceptors (Lipinski definition) is 2. The molecule has 0 N–H and O–H groups in total. The van der Waals surface area contributed by atoms with Crippen LogP contribution in [0.1, 0.15) is 27.0 Å². The maximum absolute atomic E-state index is 12.7. The Morgan fingerprint density at radius 2 is 2.06 bits per heavy atom. The van der Waals surface area contributed by atoms with Gasteiger partial charge in [0.25, 0.3) is 0 Å². The van der Waals surface area contributed by atoms with E-state index in [0.29, 0.717) is 0 Å². The molecule has 1 rings (SSSR count). The highest BCUT2D eigenvalue weighted by atomic mass is 79.9. The number of benzene rings is 1. The molecule has 0 radical (unpaired) electrons. The van der Waals surface area contributed by atoms with Gasteiger partial charge in [-0.3, -0.25) is 4.79 Å². The molecule has 0 aliphatic heterocycles. The first-order chi connectivity index (χ1) is 7.81. The molecule has 0 saturated carbocycles. The molecule has 1 aromatic rings. The molecule has 90 valence electrons. The number of hydrogen-bond donors (Lipinski definition) is 0. The van der Waals surface area contributed by atoms with Gasteiger partial charge in [-0.05, 0) is 24.6 Å². The lowest BCUT2D eigenvalue weighted by atomic mass is 9.97. The van der Waals surface area contributed by atoms with Gasteiger partial charge in [-0.1, -0.05) is 15.9 Å². The van der Waals surface area contributed by atoms with Crippen molar-refractivity contribution in [3.63, 3.8) is 0 Å². The minimum Gasteiger partial charge on any atom is -0.293 e. The zero-order chi connectivity index (χ0) is 13.2. The van der Waals surface area contributed by atoms with Crippen LogP contribution < -0.4 is 0 Å². The topological polar surface area (TPSA) is 40.9 Å². The van der Waals surface area contributed by atoms with Gasteiger partial charge in [-0.2, -0.15) is 18.4 Å². The standard InChI is InChI=1S/C11H7BrF3NO/c1-6-2-7(10(17)4-12)3-9(8(6)5-16)11(13,14)15/h2-3H,4H2,1H3. The number of carbonyl (C=O) groups excluding carboxylic acids is 1. The Kier molecular flexibility index (Phi) is 3.94. The molecule has 0 atom stereocenters. The van der Waals surface area contributed by atoms with Crippen LogP contribution >= 0.6 is 15.9 Å². The van der Waals surface area contributed by atoms with Crippen LogP contribution in [0.5, 0.6) is 0 Å². The maximum Gasteiger partial charge on any atom is 0.417 e. The van der Waals surface area contributed by atoms with Crippen LogP contribution in [0.15, 0.2) is 12.1 Å². The van der Waals surface area contributed by atoms with Gasteiger partial charge in [0.1, 0.15) is 6.07 Å². The van der Waals surface area contributed by atoms with Gasteiger partial charge in [0.2, 0.25) is 0 Å². The fourth-order valence-corrected chi connectivity index (χ4v) is 1.72. The summed E-state index contributed by atoms with van der Waals surface area (Å²) in [6.07, 6.45) is -4.64. The minimum absolute atomic E-state index is 0.0503. The predicted octanol–water partition coefficient (Wildman–Crippen LogP) is 3.46. The van der Waals surface area contributed by atoms with Crippen LogP contribution in [-0.2, 0) is 6.18 Å². The summed E-state index contributed by atoms with van der Waals surface area (Å²) in [6.45, 7) is 1.37. The summed E-state index contributed by atoms with van der Waals surface area (Å²) >= 11 is 2.89. The van der Waals surface area contributed by atoms with Gasteiger partial charge in [0.15, 0.2) is 5.78 Å². The number of Topliss-reactive ketones (excluding diaryl/α,β-unsaturated/α-hetero) is 1. The number of alkyl halides is 4. The van der Waals surface area contributed by atoms with Gasteiger partial charge < -0.3 is 0 Å². The first-order valence-corrected chi connectivity index (χ1v) is 5.64. The van der Waals surface area contributed by atoms with Crippen LogP contribution in [0.4, 0.5) is 13.2 Å².